The SMILES string of the molecule is CC(OC(=O)C(C)OC(=O)C1CCCN1C(=O)C(CC(=O)CNC(=O)C(CC(=O)CN)C(C)C)C(C)C)C(=O)O. The van der Waals surface area contributed by atoms with E-state index >= 15 is 0 Å². The molecule has 4 N–H and O–H groups in total. The minimum Gasteiger partial charge on any atom is -0.479 e. The Morgan fingerprint density at radius 1 is 0.875 bits per heavy atom. The van der Waals surface area contributed by atoms with Crippen molar-refractivity contribution in [1.29, 1.82) is 0 Å². The van der Waals surface area contributed by atoms with E-state index in [2.05, 4.69) is 5.32 Å². The van der Waals surface area contributed by atoms with E-state index < -0.39 is 59.8 Å². The number of carbonyl (C=O) groups excluding carboxylic acids is 6. The van der Waals surface area contributed by atoms with Crippen molar-refractivity contribution in [1.82, 2.24) is 10.2 Å². The molecule has 13 heteroatoms. The number of aliphatic carboxylic acids is 1. The van der Waals surface area contributed by atoms with Crippen molar-refractivity contribution in [3.05, 3.63) is 0 Å². The molecular weight excluding hydrogens is 526 g/mol. The van der Waals surface area contributed by atoms with Crippen LogP contribution in [0.4, 0.5) is 0 Å². The molecule has 0 aromatic carbocycles. The lowest BCUT2D eigenvalue weighted by Gasteiger charge is -2.30. The fraction of sp³-hybridized carbons (Fsp3) is 0.741. The highest BCUT2D eigenvalue weighted by Gasteiger charge is 2.40. The van der Waals surface area contributed by atoms with Gasteiger partial charge in [-0.2, -0.15) is 0 Å². The quantitative estimate of drug-likeness (QED) is 0.218. The molecule has 1 fully saturated rings. The summed E-state index contributed by atoms with van der Waals surface area (Å²) in [5, 5.41) is 11.4. The molecule has 1 saturated heterocycles. The van der Waals surface area contributed by atoms with Crippen LogP contribution in [0.1, 0.15) is 67.2 Å². The van der Waals surface area contributed by atoms with Gasteiger partial charge in [0, 0.05) is 31.2 Å². The second kappa shape index (κ2) is 16.0. The van der Waals surface area contributed by atoms with Gasteiger partial charge >= 0.3 is 17.9 Å². The van der Waals surface area contributed by atoms with Crippen molar-refractivity contribution < 1.29 is 48.1 Å². The van der Waals surface area contributed by atoms with Gasteiger partial charge in [-0.1, -0.05) is 27.7 Å². The van der Waals surface area contributed by atoms with Gasteiger partial charge in [0.2, 0.25) is 11.8 Å². The Morgan fingerprint density at radius 3 is 1.98 bits per heavy atom. The maximum absolute atomic E-state index is 13.4. The van der Waals surface area contributed by atoms with Crippen LogP contribution in [0, 0.1) is 23.7 Å². The summed E-state index contributed by atoms with van der Waals surface area (Å²) in [6.45, 7) is 9.31. The van der Waals surface area contributed by atoms with Gasteiger partial charge in [0.05, 0.1) is 13.1 Å². The molecule has 0 aliphatic carbocycles. The van der Waals surface area contributed by atoms with Gasteiger partial charge in [-0.05, 0) is 38.5 Å². The first kappa shape index (κ1) is 34.7. The summed E-state index contributed by atoms with van der Waals surface area (Å²) >= 11 is 0. The van der Waals surface area contributed by atoms with Crippen LogP contribution in [-0.2, 0) is 43.0 Å². The summed E-state index contributed by atoms with van der Waals surface area (Å²) in [7, 11) is 0. The van der Waals surface area contributed by atoms with Gasteiger partial charge in [-0.3, -0.25) is 19.2 Å². The van der Waals surface area contributed by atoms with Gasteiger partial charge in [-0.15, -0.1) is 0 Å². The number of nitrogens with one attached hydrogen (secondary N) is 1. The van der Waals surface area contributed by atoms with Crippen LogP contribution >= 0.6 is 0 Å². The Hall–Kier alpha value is -3.35. The average molecular weight is 570 g/mol. The zero-order valence-corrected chi connectivity index (χ0v) is 24.1. The van der Waals surface area contributed by atoms with E-state index in [-0.39, 0.29) is 55.9 Å². The molecule has 0 spiro atoms. The molecule has 0 radical (unpaired) electrons. The number of nitrogens with two attached hydrogens (primary N) is 1. The molecule has 13 nitrogen and oxygen atoms in total. The third kappa shape index (κ3) is 10.3. The first-order chi connectivity index (χ1) is 18.6. The summed E-state index contributed by atoms with van der Waals surface area (Å²) in [4.78, 5) is 87.7. The summed E-state index contributed by atoms with van der Waals surface area (Å²) in [6.07, 6.45) is -2.19. The number of likely N-dealkylation sites (tertiary alicyclic amines) is 1. The smallest absolute Gasteiger partial charge is 0.347 e. The van der Waals surface area contributed by atoms with Gasteiger partial charge < -0.3 is 30.5 Å². The molecule has 1 rings (SSSR count). The Kier molecular flexibility index (Phi) is 13.9. The number of ketones is 2. The van der Waals surface area contributed by atoms with Crippen molar-refractivity contribution in [2.75, 3.05) is 19.6 Å². The van der Waals surface area contributed by atoms with Crippen molar-refractivity contribution in [2.45, 2.75) is 85.5 Å². The summed E-state index contributed by atoms with van der Waals surface area (Å²) < 4.78 is 9.90. The van der Waals surface area contributed by atoms with Crippen molar-refractivity contribution in [3.63, 3.8) is 0 Å². The minimum absolute atomic E-state index is 0.0251. The Balaban J connectivity index is 2.82. The fourth-order valence-corrected chi connectivity index (χ4v) is 4.31. The maximum Gasteiger partial charge on any atom is 0.347 e. The van der Waals surface area contributed by atoms with Crippen LogP contribution in [0.3, 0.4) is 0 Å². The number of carboxylic acids is 1. The molecule has 1 aliphatic heterocycles. The number of esters is 2. The van der Waals surface area contributed by atoms with E-state index in [9.17, 15) is 33.6 Å². The molecule has 40 heavy (non-hydrogen) atoms. The zero-order valence-electron chi connectivity index (χ0n) is 24.1. The normalized spacial score (nSPS) is 18.0. The van der Waals surface area contributed by atoms with Gasteiger partial charge in [-0.25, -0.2) is 14.4 Å². The van der Waals surface area contributed by atoms with Crippen molar-refractivity contribution in [3.8, 4) is 0 Å². The van der Waals surface area contributed by atoms with E-state index in [0.717, 1.165) is 6.92 Å². The molecule has 1 aliphatic rings. The van der Waals surface area contributed by atoms with E-state index in [1.807, 2.05) is 0 Å². The fourth-order valence-electron chi connectivity index (χ4n) is 4.31. The summed E-state index contributed by atoms with van der Waals surface area (Å²) in [6, 6.07) is -0.970. The minimum atomic E-state index is -1.42. The first-order valence-corrected chi connectivity index (χ1v) is 13.6. The molecular formula is C27H43N3O10. The zero-order chi connectivity index (χ0) is 30.7. The van der Waals surface area contributed by atoms with Crippen LogP contribution < -0.4 is 11.1 Å². The highest BCUT2D eigenvalue weighted by molar-refractivity contribution is 5.93. The Bertz CT molecular complexity index is 964. The molecule has 5 unspecified atom stereocenters. The molecule has 0 saturated carbocycles. The van der Waals surface area contributed by atoms with Crippen LogP contribution in [-0.4, -0.2) is 89.2 Å². The largest absolute Gasteiger partial charge is 0.479 e. The standard InChI is InChI=1S/C27H43N3O10/c1-14(2)20(10-18(31)12-28)23(33)29-13-19(32)11-21(15(3)4)24(34)30-9-7-8-22(30)27(38)40-17(6)26(37)39-16(5)25(35)36/h14-17,20-22H,7-13,28H2,1-6H3,(H,29,33)(H,35,36). The number of amides is 2. The van der Waals surface area contributed by atoms with Crippen molar-refractivity contribution in [2.24, 2.45) is 29.4 Å². The molecule has 0 aromatic rings. The second-order valence-corrected chi connectivity index (χ2v) is 10.8. The topological polar surface area (TPSA) is 199 Å². The molecule has 226 valence electrons. The van der Waals surface area contributed by atoms with Gasteiger partial charge in [0.15, 0.2) is 18.0 Å². The molecule has 5 atom stereocenters. The Morgan fingerprint density at radius 2 is 1.45 bits per heavy atom. The number of hydrogen-bond acceptors (Lipinski definition) is 10. The lowest BCUT2D eigenvalue weighted by atomic mass is 9.88. The van der Waals surface area contributed by atoms with Crippen LogP contribution in [0.5, 0.6) is 0 Å². The van der Waals surface area contributed by atoms with E-state index in [4.69, 9.17) is 20.3 Å². The number of carbonyl (C=O) groups is 7. The molecule has 1 heterocycles. The van der Waals surface area contributed by atoms with Gasteiger partial charge in [0.25, 0.3) is 0 Å². The lowest BCUT2D eigenvalue weighted by molar-refractivity contribution is -0.177. The highest BCUT2D eigenvalue weighted by atomic mass is 16.6. The predicted octanol–water partition coefficient (Wildman–Crippen LogP) is 0.463. The number of ether oxygens (including phenoxy) is 2. The Labute approximate surface area is 234 Å². The van der Waals surface area contributed by atoms with E-state index in [0.29, 0.717) is 12.8 Å². The number of rotatable bonds is 16. The predicted molar refractivity (Wildman–Crippen MR) is 141 cm³/mol. The number of Topliss-reactive ketones (excluding diaryl/α,β-unsaturated/α-hetero) is 2. The summed E-state index contributed by atoms with van der Waals surface area (Å²) in [5.41, 5.74) is 5.36. The maximum atomic E-state index is 13.4. The van der Waals surface area contributed by atoms with Crippen LogP contribution in [0.15, 0.2) is 0 Å². The average Bonchev–Trinajstić information content (AvgIpc) is 3.38. The molecule has 0 aromatic heterocycles. The number of carboxylic acid groups (broad SMARTS) is 1. The van der Waals surface area contributed by atoms with Crippen LogP contribution in [0.25, 0.3) is 0 Å². The van der Waals surface area contributed by atoms with Crippen LogP contribution in [0.2, 0.25) is 0 Å². The van der Waals surface area contributed by atoms with Crippen molar-refractivity contribution >= 4 is 41.3 Å². The molecule has 2 amide bonds. The highest BCUT2D eigenvalue weighted by Crippen LogP contribution is 2.26. The summed E-state index contributed by atoms with van der Waals surface area (Å²) in [5.74, 6) is -6.51. The van der Waals surface area contributed by atoms with E-state index in [1.54, 1.807) is 27.7 Å². The van der Waals surface area contributed by atoms with E-state index in [1.165, 1.54) is 11.8 Å². The number of nitrogens with zero attached hydrogens (tertiary/aromatic N) is 1. The third-order valence-electron chi connectivity index (χ3n) is 6.92. The third-order valence-corrected chi connectivity index (χ3v) is 6.92. The second-order valence-electron chi connectivity index (χ2n) is 10.8. The molecule has 0 bridgehead atoms. The lowest BCUT2D eigenvalue weighted by Crippen LogP contribution is -2.47. The number of hydrogen-bond donors (Lipinski definition) is 3. The van der Waals surface area contributed by atoms with Gasteiger partial charge in [0.1, 0.15) is 11.8 Å². The first-order valence-electron chi connectivity index (χ1n) is 13.6. The monoisotopic (exact) mass is 569 g/mol.